The van der Waals surface area contributed by atoms with Crippen LogP contribution >= 0.6 is 0 Å². The normalized spacial score (nSPS) is 11.1. The summed E-state index contributed by atoms with van der Waals surface area (Å²) < 4.78 is 24.5. The molecule has 0 radical (unpaired) electrons. The fourth-order valence-electron chi connectivity index (χ4n) is 2.81. The highest BCUT2D eigenvalue weighted by atomic mass is 19.1. The van der Waals surface area contributed by atoms with Gasteiger partial charge in [0.25, 0.3) is 5.91 Å². The fourth-order valence-corrected chi connectivity index (χ4v) is 2.81. The van der Waals surface area contributed by atoms with Crippen LogP contribution in [0.2, 0.25) is 0 Å². The number of ether oxygens (including phenoxy) is 2. The molecule has 7 heteroatoms. The van der Waals surface area contributed by atoms with Crippen LogP contribution in [0.25, 0.3) is 10.9 Å². The van der Waals surface area contributed by atoms with Gasteiger partial charge in [0.1, 0.15) is 17.0 Å². The van der Waals surface area contributed by atoms with Gasteiger partial charge in [-0.2, -0.15) is 0 Å². The van der Waals surface area contributed by atoms with Gasteiger partial charge in [0, 0.05) is 25.1 Å². The standard InChI is InChI=1S/C21H27FN2O3.C2H5N.C2H6/c1-4-27-11-6-10-23-21(25)19-14-16(13-15(2)9-12-26-3)17-7-5-8-18(22)20(17)24-19;1-2-3;1-2/h5,7-9,12,14-15H,4,6,10-11,13H2,1-3H3,(H,23,25);2-3H,1H3;1-2H3/b12-9+;;. The summed E-state index contributed by atoms with van der Waals surface area (Å²) in [5.41, 5.74) is 1.33. The quantitative estimate of drug-likeness (QED) is 0.284. The van der Waals surface area contributed by atoms with Gasteiger partial charge < -0.3 is 20.2 Å². The zero-order chi connectivity index (χ0) is 24.4. The second-order valence-electron chi connectivity index (χ2n) is 6.64. The van der Waals surface area contributed by atoms with Crippen LogP contribution in [0, 0.1) is 17.1 Å². The molecule has 0 aliphatic carbocycles. The summed E-state index contributed by atoms with van der Waals surface area (Å²) in [5.74, 6) is -0.571. The molecular formula is C25H38FN3O3. The van der Waals surface area contributed by atoms with E-state index >= 15 is 0 Å². The molecule has 178 valence electrons. The van der Waals surface area contributed by atoms with Crippen molar-refractivity contribution in [3.63, 3.8) is 0 Å². The third kappa shape index (κ3) is 10.5. The number of nitrogens with zero attached hydrogens (tertiary/aromatic N) is 1. The summed E-state index contributed by atoms with van der Waals surface area (Å²) in [7, 11) is 1.59. The molecule has 0 aliphatic rings. The van der Waals surface area contributed by atoms with E-state index in [4.69, 9.17) is 14.9 Å². The molecule has 0 bridgehead atoms. The van der Waals surface area contributed by atoms with Gasteiger partial charge in [0.05, 0.1) is 13.4 Å². The van der Waals surface area contributed by atoms with E-state index in [2.05, 4.69) is 10.3 Å². The number of carbonyl (C=O) groups excluding carboxylic acids is 1. The zero-order valence-electron chi connectivity index (χ0n) is 20.2. The molecule has 0 saturated heterocycles. The van der Waals surface area contributed by atoms with Gasteiger partial charge in [-0.3, -0.25) is 4.79 Å². The van der Waals surface area contributed by atoms with E-state index in [1.165, 1.54) is 12.3 Å². The summed E-state index contributed by atoms with van der Waals surface area (Å²) >= 11 is 0. The summed E-state index contributed by atoms with van der Waals surface area (Å²) in [4.78, 5) is 16.7. The average Bonchev–Trinajstić information content (AvgIpc) is 2.79. The minimum absolute atomic E-state index is 0.168. The van der Waals surface area contributed by atoms with Crippen molar-refractivity contribution in [3.05, 3.63) is 53.7 Å². The highest BCUT2D eigenvalue weighted by Crippen LogP contribution is 2.24. The van der Waals surface area contributed by atoms with E-state index < -0.39 is 5.82 Å². The molecule has 1 aromatic heterocycles. The Balaban J connectivity index is 0.00000177. The van der Waals surface area contributed by atoms with Gasteiger partial charge in [0.15, 0.2) is 0 Å². The third-order valence-electron chi connectivity index (χ3n) is 4.15. The van der Waals surface area contributed by atoms with Gasteiger partial charge in [-0.05, 0) is 62.6 Å². The number of hydrogen-bond donors (Lipinski definition) is 2. The summed E-state index contributed by atoms with van der Waals surface area (Å²) in [6, 6.07) is 6.59. The van der Waals surface area contributed by atoms with Crippen LogP contribution in [0.4, 0.5) is 4.39 Å². The van der Waals surface area contributed by atoms with E-state index in [0.29, 0.717) is 32.6 Å². The molecular weight excluding hydrogens is 409 g/mol. The zero-order valence-corrected chi connectivity index (χ0v) is 20.2. The van der Waals surface area contributed by atoms with Crippen molar-refractivity contribution < 1.29 is 18.7 Å². The summed E-state index contributed by atoms with van der Waals surface area (Å²) in [5, 5.41) is 9.63. The lowest BCUT2D eigenvalue weighted by molar-refractivity contribution is 0.0939. The van der Waals surface area contributed by atoms with Crippen molar-refractivity contribution in [2.45, 2.75) is 47.5 Å². The number of allylic oxidation sites excluding steroid dienone is 1. The maximum Gasteiger partial charge on any atom is 0.269 e. The first-order chi connectivity index (χ1) is 15.5. The van der Waals surface area contributed by atoms with E-state index in [9.17, 15) is 9.18 Å². The molecule has 0 aliphatic heterocycles. The number of pyridine rings is 1. The molecule has 0 spiro atoms. The average molecular weight is 448 g/mol. The lowest BCUT2D eigenvalue weighted by Gasteiger charge is -2.13. The Morgan fingerprint density at radius 1 is 1.34 bits per heavy atom. The lowest BCUT2D eigenvalue weighted by atomic mass is 9.97. The molecule has 6 nitrogen and oxygen atoms in total. The Labute approximate surface area is 191 Å². The number of carbonyl (C=O) groups is 1. The van der Waals surface area contributed by atoms with Crippen LogP contribution in [-0.4, -0.2) is 44.0 Å². The van der Waals surface area contributed by atoms with Crippen LogP contribution in [-0.2, 0) is 15.9 Å². The predicted octanol–water partition coefficient (Wildman–Crippen LogP) is 5.55. The van der Waals surface area contributed by atoms with Gasteiger partial charge >= 0.3 is 0 Å². The van der Waals surface area contributed by atoms with Crippen molar-refractivity contribution in [2.24, 2.45) is 5.92 Å². The monoisotopic (exact) mass is 447 g/mol. The Kier molecular flexibility index (Phi) is 16.3. The molecule has 1 amide bonds. The molecule has 2 rings (SSSR count). The van der Waals surface area contributed by atoms with Gasteiger partial charge in [-0.25, -0.2) is 9.37 Å². The topological polar surface area (TPSA) is 84.3 Å². The smallest absolute Gasteiger partial charge is 0.269 e. The van der Waals surface area contributed by atoms with Crippen molar-refractivity contribution >= 4 is 23.0 Å². The number of amides is 1. The fraction of sp³-hybridized carbons (Fsp3) is 0.480. The second-order valence-corrected chi connectivity index (χ2v) is 6.64. The highest BCUT2D eigenvalue weighted by molar-refractivity contribution is 5.96. The van der Waals surface area contributed by atoms with Crippen molar-refractivity contribution in [2.75, 3.05) is 26.9 Å². The van der Waals surface area contributed by atoms with Crippen molar-refractivity contribution in [3.8, 4) is 0 Å². The first-order valence-corrected chi connectivity index (χ1v) is 11.1. The first-order valence-electron chi connectivity index (χ1n) is 11.1. The number of fused-ring (bicyclic) bond motifs is 1. The number of methoxy groups -OCH3 is 1. The Morgan fingerprint density at radius 2 is 2.03 bits per heavy atom. The summed E-state index contributed by atoms with van der Waals surface area (Å²) in [6.45, 7) is 11.4. The summed E-state index contributed by atoms with van der Waals surface area (Å²) in [6.07, 6.45) is 6.17. The van der Waals surface area contributed by atoms with Gasteiger partial charge in [0.2, 0.25) is 0 Å². The van der Waals surface area contributed by atoms with Crippen LogP contribution in [0.1, 0.15) is 57.1 Å². The number of nitrogens with one attached hydrogen (secondary N) is 2. The van der Waals surface area contributed by atoms with Crippen molar-refractivity contribution in [1.82, 2.24) is 10.3 Å². The van der Waals surface area contributed by atoms with Crippen molar-refractivity contribution in [1.29, 1.82) is 5.41 Å². The maximum atomic E-state index is 14.3. The largest absolute Gasteiger partial charge is 0.505 e. The molecule has 1 heterocycles. The van der Waals surface area contributed by atoms with E-state index in [-0.39, 0.29) is 23.0 Å². The highest BCUT2D eigenvalue weighted by Gasteiger charge is 2.15. The molecule has 0 fully saturated rings. The molecule has 1 atom stereocenters. The van der Waals surface area contributed by atoms with Crippen LogP contribution < -0.4 is 5.32 Å². The van der Waals surface area contributed by atoms with Gasteiger partial charge in [-0.1, -0.05) is 32.9 Å². The number of benzene rings is 1. The van der Waals surface area contributed by atoms with E-state index in [0.717, 1.165) is 10.9 Å². The maximum absolute atomic E-state index is 14.3. The number of halogens is 1. The second kappa shape index (κ2) is 17.8. The molecule has 32 heavy (non-hydrogen) atoms. The number of aromatic nitrogens is 1. The Hall–Kier alpha value is -2.80. The van der Waals surface area contributed by atoms with E-state index in [1.807, 2.05) is 39.8 Å². The Bertz CT molecular complexity index is 841. The molecule has 2 aromatic rings. The predicted molar refractivity (Wildman–Crippen MR) is 130 cm³/mol. The van der Waals surface area contributed by atoms with E-state index in [1.54, 1.807) is 32.4 Å². The molecule has 1 aromatic carbocycles. The minimum Gasteiger partial charge on any atom is -0.505 e. The van der Waals surface area contributed by atoms with Crippen LogP contribution in [0.15, 0.2) is 36.6 Å². The lowest BCUT2D eigenvalue weighted by Crippen LogP contribution is -2.26. The third-order valence-corrected chi connectivity index (χ3v) is 4.15. The number of rotatable bonds is 10. The Morgan fingerprint density at radius 3 is 2.66 bits per heavy atom. The molecule has 2 N–H and O–H groups in total. The van der Waals surface area contributed by atoms with Crippen LogP contribution in [0.5, 0.6) is 0 Å². The van der Waals surface area contributed by atoms with Crippen LogP contribution in [0.3, 0.4) is 0 Å². The number of para-hydroxylation sites is 1. The molecule has 0 saturated carbocycles. The minimum atomic E-state index is -0.431. The first kappa shape index (κ1) is 29.2. The number of hydrogen-bond acceptors (Lipinski definition) is 5. The van der Waals surface area contributed by atoms with Gasteiger partial charge in [-0.15, -0.1) is 0 Å². The molecule has 1 unspecified atom stereocenters. The SMILES string of the molecule is CC.CC=N.CCOCCCNC(=O)c1cc(CC(C)/C=C/OC)c2cccc(F)c2n1.